The van der Waals surface area contributed by atoms with Gasteiger partial charge in [0.15, 0.2) is 0 Å². The number of nitrogens with one attached hydrogen (secondary N) is 2. The average molecular weight is 234 g/mol. The van der Waals surface area contributed by atoms with Gasteiger partial charge in [0.1, 0.15) is 6.04 Å². The monoisotopic (exact) mass is 234 g/mol. The van der Waals surface area contributed by atoms with Gasteiger partial charge in [-0.25, -0.2) is 0 Å². The molecule has 6 nitrogen and oxygen atoms in total. The highest BCUT2D eigenvalue weighted by Crippen LogP contribution is 2.20. The molecule has 1 amide bonds. The minimum atomic E-state index is -0.679. The number of carbonyl (C=O) groups is 1. The van der Waals surface area contributed by atoms with Crippen molar-refractivity contribution in [2.45, 2.75) is 6.04 Å². The van der Waals surface area contributed by atoms with Crippen LogP contribution < -0.4 is 11.1 Å². The molecule has 0 bridgehead atoms. The van der Waals surface area contributed by atoms with Crippen LogP contribution in [0.2, 0.25) is 0 Å². The summed E-state index contributed by atoms with van der Waals surface area (Å²) in [6, 6.07) is 4.84. The van der Waals surface area contributed by atoms with Crippen molar-refractivity contribution in [2.24, 2.45) is 5.73 Å². The van der Waals surface area contributed by atoms with E-state index < -0.39 is 6.04 Å². The smallest absolute Gasteiger partial charge is 0.243 e. The minimum Gasteiger partial charge on any atom is -0.383 e. The number of methoxy groups -OCH3 is 1. The van der Waals surface area contributed by atoms with Crippen molar-refractivity contribution in [1.82, 2.24) is 10.2 Å². The summed E-state index contributed by atoms with van der Waals surface area (Å²) in [7, 11) is 1.50. The van der Waals surface area contributed by atoms with E-state index >= 15 is 0 Å². The van der Waals surface area contributed by atoms with Gasteiger partial charge in [-0.05, 0) is 12.1 Å². The standard InChI is InChI=1S/C11H14N4O2/c1-17-6-8(12)11(16)14-9-3-2-4-10-7(9)5-13-15-10/h2-5,8H,6,12H2,1H3,(H,13,15)(H,14,16). The van der Waals surface area contributed by atoms with Crippen LogP contribution in [0.1, 0.15) is 0 Å². The van der Waals surface area contributed by atoms with Gasteiger partial charge in [0.25, 0.3) is 0 Å². The van der Waals surface area contributed by atoms with E-state index in [9.17, 15) is 4.79 Å². The Bertz CT molecular complexity index is 523. The molecule has 0 aliphatic rings. The van der Waals surface area contributed by atoms with Gasteiger partial charge in [-0.15, -0.1) is 0 Å². The Hall–Kier alpha value is -1.92. The SMILES string of the molecule is COCC(N)C(=O)Nc1cccc2[nH]ncc12. The van der Waals surface area contributed by atoms with Gasteiger partial charge in [-0.1, -0.05) is 6.07 Å². The third kappa shape index (κ3) is 2.43. The summed E-state index contributed by atoms with van der Waals surface area (Å²) in [5.74, 6) is -0.277. The Morgan fingerprint density at radius 2 is 2.47 bits per heavy atom. The fourth-order valence-electron chi connectivity index (χ4n) is 1.56. The molecule has 1 unspecified atom stereocenters. The molecule has 1 aromatic carbocycles. The van der Waals surface area contributed by atoms with Gasteiger partial charge >= 0.3 is 0 Å². The number of rotatable bonds is 4. The van der Waals surface area contributed by atoms with E-state index in [-0.39, 0.29) is 12.5 Å². The second-order valence-corrected chi connectivity index (χ2v) is 3.69. The normalized spacial score (nSPS) is 12.6. The topological polar surface area (TPSA) is 93.0 Å². The van der Waals surface area contributed by atoms with Crippen LogP contribution in [-0.4, -0.2) is 35.9 Å². The van der Waals surface area contributed by atoms with Crippen molar-refractivity contribution >= 4 is 22.5 Å². The number of anilines is 1. The van der Waals surface area contributed by atoms with E-state index in [0.29, 0.717) is 5.69 Å². The number of benzene rings is 1. The molecule has 1 atom stereocenters. The lowest BCUT2D eigenvalue weighted by molar-refractivity contribution is -0.118. The zero-order valence-corrected chi connectivity index (χ0v) is 9.43. The molecule has 1 aromatic heterocycles. The van der Waals surface area contributed by atoms with E-state index in [1.807, 2.05) is 12.1 Å². The molecular formula is C11H14N4O2. The zero-order chi connectivity index (χ0) is 12.3. The summed E-state index contributed by atoms with van der Waals surface area (Å²) in [5.41, 5.74) is 7.19. The highest BCUT2D eigenvalue weighted by molar-refractivity contribution is 6.02. The van der Waals surface area contributed by atoms with Crippen LogP contribution in [-0.2, 0) is 9.53 Å². The van der Waals surface area contributed by atoms with Crippen molar-refractivity contribution in [1.29, 1.82) is 0 Å². The molecule has 0 radical (unpaired) electrons. The van der Waals surface area contributed by atoms with E-state index in [0.717, 1.165) is 10.9 Å². The first-order valence-corrected chi connectivity index (χ1v) is 5.20. The van der Waals surface area contributed by atoms with Crippen LogP contribution in [0.5, 0.6) is 0 Å². The van der Waals surface area contributed by atoms with Crippen molar-refractivity contribution in [3.63, 3.8) is 0 Å². The molecule has 0 saturated heterocycles. The number of nitrogens with two attached hydrogens (primary N) is 1. The number of aromatic amines is 1. The van der Waals surface area contributed by atoms with E-state index in [4.69, 9.17) is 10.5 Å². The first-order chi connectivity index (χ1) is 8.22. The molecule has 0 fully saturated rings. The van der Waals surface area contributed by atoms with Crippen LogP contribution in [0.15, 0.2) is 24.4 Å². The number of H-pyrrole nitrogens is 1. The third-order valence-corrected chi connectivity index (χ3v) is 2.43. The summed E-state index contributed by atoms with van der Waals surface area (Å²) < 4.78 is 4.83. The first kappa shape index (κ1) is 11.6. The predicted molar refractivity (Wildman–Crippen MR) is 64.6 cm³/mol. The average Bonchev–Trinajstić information content (AvgIpc) is 2.78. The number of ether oxygens (including phenoxy) is 1. The lowest BCUT2D eigenvalue weighted by atomic mass is 10.2. The number of aromatic nitrogens is 2. The number of fused-ring (bicyclic) bond motifs is 1. The number of hydrogen-bond acceptors (Lipinski definition) is 4. The molecule has 6 heteroatoms. The Balaban J connectivity index is 2.18. The summed E-state index contributed by atoms with van der Waals surface area (Å²) in [6.07, 6.45) is 1.66. The maximum atomic E-state index is 11.7. The zero-order valence-electron chi connectivity index (χ0n) is 9.43. The molecule has 0 aliphatic heterocycles. The Labute approximate surface area is 98.1 Å². The predicted octanol–water partition coefficient (Wildman–Crippen LogP) is 0.475. The van der Waals surface area contributed by atoms with Crippen molar-refractivity contribution in [2.75, 3.05) is 19.0 Å². The van der Waals surface area contributed by atoms with E-state index in [2.05, 4.69) is 15.5 Å². The van der Waals surface area contributed by atoms with Gasteiger partial charge in [0, 0.05) is 12.5 Å². The largest absolute Gasteiger partial charge is 0.383 e. The number of nitrogens with zero attached hydrogens (tertiary/aromatic N) is 1. The Morgan fingerprint density at radius 3 is 3.24 bits per heavy atom. The van der Waals surface area contributed by atoms with Crippen LogP contribution in [0.4, 0.5) is 5.69 Å². The van der Waals surface area contributed by atoms with Crippen LogP contribution in [0.3, 0.4) is 0 Å². The highest BCUT2D eigenvalue weighted by Gasteiger charge is 2.14. The highest BCUT2D eigenvalue weighted by atomic mass is 16.5. The maximum Gasteiger partial charge on any atom is 0.243 e. The molecule has 2 aromatic rings. The van der Waals surface area contributed by atoms with E-state index in [1.165, 1.54) is 7.11 Å². The van der Waals surface area contributed by atoms with Gasteiger partial charge in [0.2, 0.25) is 5.91 Å². The van der Waals surface area contributed by atoms with E-state index in [1.54, 1.807) is 12.3 Å². The molecule has 0 saturated carbocycles. The molecule has 4 N–H and O–H groups in total. The Morgan fingerprint density at radius 1 is 1.65 bits per heavy atom. The molecule has 0 spiro atoms. The second kappa shape index (κ2) is 4.94. The Kier molecular flexibility index (Phi) is 3.36. The third-order valence-electron chi connectivity index (χ3n) is 2.43. The van der Waals surface area contributed by atoms with Crippen molar-refractivity contribution < 1.29 is 9.53 Å². The van der Waals surface area contributed by atoms with Crippen LogP contribution in [0, 0.1) is 0 Å². The molecule has 2 rings (SSSR count). The molecule has 90 valence electrons. The van der Waals surface area contributed by atoms with Gasteiger partial charge in [-0.3, -0.25) is 9.89 Å². The molecule has 1 heterocycles. The maximum absolute atomic E-state index is 11.7. The molecule has 17 heavy (non-hydrogen) atoms. The van der Waals surface area contributed by atoms with Crippen LogP contribution >= 0.6 is 0 Å². The number of hydrogen-bond donors (Lipinski definition) is 3. The molecule has 0 aliphatic carbocycles. The van der Waals surface area contributed by atoms with Crippen LogP contribution in [0.25, 0.3) is 10.9 Å². The summed E-state index contributed by atoms with van der Waals surface area (Å²) in [4.78, 5) is 11.7. The number of amides is 1. The minimum absolute atomic E-state index is 0.188. The van der Waals surface area contributed by atoms with Gasteiger partial charge in [0.05, 0.1) is 24.0 Å². The summed E-state index contributed by atoms with van der Waals surface area (Å²) in [6.45, 7) is 0.188. The lowest BCUT2D eigenvalue weighted by Gasteiger charge is -2.11. The summed E-state index contributed by atoms with van der Waals surface area (Å²) in [5, 5.41) is 10.4. The lowest BCUT2D eigenvalue weighted by Crippen LogP contribution is -2.39. The second-order valence-electron chi connectivity index (χ2n) is 3.69. The van der Waals surface area contributed by atoms with Gasteiger partial charge < -0.3 is 15.8 Å². The number of carbonyl (C=O) groups excluding carboxylic acids is 1. The summed E-state index contributed by atoms with van der Waals surface area (Å²) >= 11 is 0. The van der Waals surface area contributed by atoms with Crippen molar-refractivity contribution in [3.05, 3.63) is 24.4 Å². The van der Waals surface area contributed by atoms with Gasteiger partial charge in [-0.2, -0.15) is 5.10 Å². The first-order valence-electron chi connectivity index (χ1n) is 5.20. The molecular weight excluding hydrogens is 220 g/mol. The fourth-order valence-corrected chi connectivity index (χ4v) is 1.56. The fraction of sp³-hybridized carbons (Fsp3) is 0.273. The van der Waals surface area contributed by atoms with Crippen molar-refractivity contribution in [3.8, 4) is 0 Å². The quantitative estimate of drug-likeness (QED) is 0.717.